The molecule has 0 saturated carbocycles. The van der Waals surface area contributed by atoms with Gasteiger partial charge in [0.05, 0.1) is 6.04 Å². The fraction of sp³-hybridized carbons (Fsp3) is 0.300. The highest BCUT2D eigenvalue weighted by molar-refractivity contribution is 9.10. The molecule has 2 heteroatoms. The average molecular weight is 354 g/mol. The molecule has 2 aliphatic rings. The quantitative estimate of drug-likeness (QED) is 0.668. The topological polar surface area (TPSA) is 12.0 Å². The zero-order valence-corrected chi connectivity index (χ0v) is 14.3. The lowest BCUT2D eigenvalue weighted by Gasteiger charge is -2.38. The van der Waals surface area contributed by atoms with Gasteiger partial charge >= 0.3 is 0 Å². The maximum Gasteiger partial charge on any atom is 0.0565 e. The molecule has 0 radical (unpaired) electrons. The van der Waals surface area contributed by atoms with Crippen molar-refractivity contribution in [3.05, 3.63) is 75.8 Å². The second-order valence-corrected chi connectivity index (χ2v) is 7.13. The first-order chi connectivity index (χ1) is 10.8. The number of allylic oxidation sites excluding steroid dienone is 2. The molecular formula is C20H20BrN. The van der Waals surface area contributed by atoms with E-state index in [-0.39, 0.29) is 0 Å². The largest absolute Gasteiger partial charge is 0.378 e. The van der Waals surface area contributed by atoms with E-state index in [1.165, 1.54) is 26.9 Å². The van der Waals surface area contributed by atoms with Crippen molar-refractivity contribution in [3.63, 3.8) is 0 Å². The molecule has 22 heavy (non-hydrogen) atoms. The predicted molar refractivity (Wildman–Crippen MR) is 96.3 cm³/mol. The van der Waals surface area contributed by atoms with Gasteiger partial charge in [0.1, 0.15) is 0 Å². The Morgan fingerprint density at radius 1 is 1.14 bits per heavy atom. The van der Waals surface area contributed by atoms with Crippen molar-refractivity contribution >= 4 is 21.6 Å². The molecule has 2 aromatic rings. The summed E-state index contributed by atoms with van der Waals surface area (Å²) in [5, 5.41) is 3.81. The number of fused-ring (bicyclic) bond motifs is 3. The van der Waals surface area contributed by atoms with E-state index in [2.05, 4.69) is 82.8 Å². The van der Waals surface area contributed by atoms with Crippen LogP contribution in [0, 0.1) is 5.92 Å². The van der Waals surface area contributed by atoms with E-state index in [4.69, 9.17) is 0 Å². The van der Waals surface area contributed by atoms with E-state index in [9.17, 15) is 0 Å². The number of hydrogen-bond acceptors (Lipinski definition) is 1. The smallest absolute Gasteiger partial charge is 0.0565 e. The second kappa shape index (κ2) is 5.58. The summed E-state index contributed by atoms with van der Waals surface area (Å²) in [5.41, 5.74) is 5.57. The Labute approximate surface area is 140 Å². The highest BCUT2D eigenvalue weighted by atomic mass is 79.9. The molecule has 0 amide bonds. The summed E-state index contributed by atoms with van der Waals surface area (Å²) >= 11 is 3.73. The Hall–Kier alpha value is -1.54. The molecule has 1 nitrogen and oxygen atoms in total. The third kappa shape index (κ3) is 2.21. The monoisotopic (exact) mass is 353 g/mol. The average Bonchev–Trinajstić information content (AvgIpc) is 3.04. The Balaban J connectivity index is 1.80. The fourth-order valence-electron chi connectivity index (χ4n) is 3.90. The van der Waals surface area contributed by atoms with E-state index in [0.717, 1.165) is 12.8 Å². The molecule has 1 heterocycles. The van der Waals surface area contributed by atoms with Gasteiger partial charge in [0, 0.05) is 16.1 Å². The van der Waals surface area contributed by atoms with E-state index in [0.29, 0.717) is 17.9 Å². The SMILES string of the molecule is CCc1ccc2c(c1)[C@@H]1C=CC[C@H]1[C@@H](c1ccccc1Br)N2. The van der Waals surface area contributed by atoms with Crippen LogP contribution >= 0.6 is 15.9 Å². The lowest BCUT2D eigenvalue weighted by molar-refractivity contribution is 0.424. The van der Waals surface area contributed by atoms with Gasteiger partial charge in [0.15, 0.2) is 0 Å². The molecular weight excluding hydrogens is 334 g/mol. The Morgan fingerprint density at radius 3 is 2.82 bits per heavy atom. The summed E-state index contributed by atoms with van der Waals surface area (Å²) in [6.45, 7) is 2.23. The number of aryl methyl sites for hydroxylation is 1. The molecule has 0 fully saturated rings. The zero-order chi connectivity index (χ0) is 15.1. The van der Waals surface area contributed by atoms with Gasteiger partial charge in [0.25, 0.3) is 0 Å². The van der Waals surface area contributed by atoms with Crippen molar-refractivity contribution in [1.82, 2.24) is 0 Å². The highest BCUT2D eigenvalue weighted by Gasteiger charge is 2.38. The van der Waals surface area contributed by atoms with Crippen LogP contribution in [0.15, 0.2) is 59.1 Å². The summed E-state index contributed by atoms with van der Waals surface area (Å²) in [4.78, 5) is 0. The third-order valence-corrected chi connectivity index (χ3v) is 5.80. The van der Waals surface area contributed by atoms with E-state index >= 15 is 0 Å². The number of hydrogen-bond donors (Lipinski definition) is 1. The molecule has 1 N–H and O–H groups in total. The maximum atomic E-state index is 3.81. The van der Waals surface area contributed by atoms with Crippen molar-refractivity contribution < 1.29 is 0 Å². The molecule has 0 unspecified atom stereocenters. The Kier molecular flexibility index (Phi) is 3.57. The molecule has 0 bridgehead atoms. The van der Waals surface area contributed by atoms with Crippen LogP contribution in [-0.4, -0.2) is 0 Å². The maximum absolute atomic E-state index is 3.81. The first-order valence-corrected chi connectivity index (χ1v) is 8.87. The van der Waals surface area contributed by atoms with Crippen molar-refractivity contribution in [2.75, 3.05) is 5.32 Å². The summed E-state index contributed by atoms with van der Waals surface area (Å²) < 4.78 is 1.20. The van der Waals surface area contributed by atoms with Gasteiger partial charge in [-0.2, -0.15) is 0 Å². The lowest BCUT2D eigenvalue weighted by Crippen LogP contribution is -2.29. The lowest BCUT2D eigenvalue weighted by atomic mass is 9.76. The van der Waals surface area contributed by atoms with Crippen molar-refractivity contribution in [3.8, 4) is 0 Å². The van der Waals surface area contributed by atoms with Crippen LogP contribution in [0.5, 0.6) is 0 Å². The van der Waals surface area contributed by atoms with Crippen LogP contribution in [0.4, 0.5) is 5.69 Å². The van der Waals surface area contributed by atoms with E-state index in [1.807, 2.05) is 0 Å². The van der Waals surface area contributed by atoms with Crippen molar-refractivity contribution in [2.45, 2.75) is 31.7 Å². The molecule has 2 aromatic carbocycles. The molecule has 0 spiro atoms. The first-order valence-electron chi connectivity index (χ1n) is 8.08. The van der Waals surface area contributed by atoms with Crippen molar-refractivity contribution in [2.24, 2.45) is 5.92 Å². The fourth-order valence-corrected chi connectivity index (χ4v) is 4.43. The van der Waals surface area contributed by atoms with Gasteiger partial charge in [-0.3, -0.25) is 0 Å². The number of benzene rings is 2. The first kappa shape index (κ1) is 14.1. The van der Waals surface area contributed by atoms with Gasteiger partial charge < -0.3 is 5.32 Å². The van der Waals surface area contributed by atoms with Gasteiger partial charge in [-0.1, -0.05) is 65.3 Å². The van der Waals surface area contributed by atoms with E-state index < -0.39 is 0 Å². The Bertz CT molecular complexity index is 734. The molecule has 112 valence electrons. The van der Waals surface area contributed by atoms with Gasteiger partial charge in [-0.15, -0.1) is 0 Å². The summed E-state index contributed by atoms with van der Waals surface area (Å²) in [5.74, 6) is 1.15. The minimum Gasteiger partial charge on any atom is -0.378 e. The molecule has 1 aliphatic carbocycles. The van der Waals surface area contributed by atoms with Crippen LogP contribution < -0.4 is 5.32 Å². The molecule has 0 aromatic heterocycles. The summed E-state index contributed by atoms with van der Waals surface area (Å²) in [7, 11) is 0. The number of anilines is 1. The van der Waals surface area contributed by atoms with Crippen LogP contribution in [0.1, 0.15) is 42.0 Å². The van der Waals surface area contributed by atoms with Crippen LogP contribution in [0.3, 0.4) is 0 Å². The third-order valence-electron chi connectivity index (χ3n) is 5.08. The van der Waals surface area contributed by atoms with Crippen LogP contribution in [0.25, 0.3) is 0 Å². The molecule has 4 rings (SSSR count). The number of halogens is 1. The minimum atomic E-state index is 0.371. The van der Waals surface area contributed by atoms with E-state index in [1.54, 1.807) is 0 Å². The van der Waals surface area contributed by atoms with Crippen molar-refractivity contribution in [1.29, 1.82) is 0 Å². The van der Waals surface area contributed by atoms with Gasteiger partial charge in [0.2, 0.25) is 0 Å². The second-order valence-electron chi connectivity index (χ2n) is 6.27. The predicted octanol–water partition coefficient (Wildman–Crippen LogP) is 5.84. The molecule has 0 saturated heterocycles. The standard InChI is InChI=1S/C20H20BrN/c1-2-13-10-11-19-17(12-13)14-7-5-8-15(14)20(22-19)16-6-3-4-9-18(16)21/h3-7,9-12,14-15,20,22H,2,8H2,1H3/t14-,15-,20+/m1/s1. The normalized spacial score (nSPS) is 25.5. The van der Waals surface area contributed by atoms with Gasteiger partial charge in [-0.25, -0.2) is 0 Å². The zero-order valence-electron chi connectivity index (χ0n) is 12.7. The number of nitrogens with one attached hydrogen (secondary N) is 1. The summed E-state index contributed by atoms with van der Waals surface area (Å²) in [6, 6.07) is 15.9. The van der Waals surface area contributed by atoms with Gasteiger partial charge in [-0.05, 0) is 47.6 Å². The molecule has 3 atom stereocenters. The van der Waals surface area contributed by atoms with Crippen LogP contribution in [-0.2, 0) is 6.42 Å². The molecule has 1 aliphatic heterocycles. The van der Waals surface area contributed by atoms with Crippen LogP contribution in [0.2, 0.25) is 0 Å². The highest BCUT2D eigenvalue weighted by Crippen LogP contribution is 2.50. The summed E-state index contributed by atoms with van der Waals surface area (Å²) in [6.07, 6.45) is 7.02. The number of rotatable bonds is 2. The minimum absolute atomic E-state index is 0.371. The Morgan fingerprint density at radius 2 is 2.00 bits per heavy atom.